The van der Waals surface area contributed by atoms with Crippen molar-refractivity contribution in [3.8, 4) is 0 Å². The van der Waals surface area contributed by atoms with E-state index in [1.165, 1.54) is 12.8 Å². The average Bonchev–Trinajstić information content (AvgIpc) is 3.22. The van der Waals surface area contributed by atoms with Gasteiger partial charge in [0.25, 0.3) is 0 Å². The Hall–Kier alpha value is -1.60. The monoisotopic (exact) mass is 408 g/mol. The van der Waals surface area contributed by atoms with Crippen LogP contribution in [0, 0.1) is 12.8 Å². The zero-order valence-corrected chi connectivity index (χ0v) is 15.9. The summed E-state index contributed by atoms with van der Waals surface area (Å²) in [7, 11) is 1.85. The van der Waals surface area contributed by atoms with Crippen LogP contribution in [-0.2, 0) is 20.1 Å². The maximum Gasteiger partial charge on any atom is 0.131 e. The van der Waals surface area contributed by atoms with Gasteiger partial charge in [-0.25, -0.2) is 4.68 Å². The SMILES string of the molecule is Cc1nn(C)c(Cl)c1CNc1ccc2c(nnn2CC2CC2)c1Br. The molecule has 0 spiro atoms. The Kier molecular flexibility index (Phi) is 4.00. The number of anilines is 1. The topological polar surface area (TPSA) is 60.6 Å². The van der Waals surface area contributed by atoms with E-state index in [1.54, 1.807) is 4.68 Å². The molecule has 1 saturated carbocycles. The number of fused-ring (bicyclic) bond motifs is 1. The summed E-state index contributed by atoms with van der Waals surface area (Å²) >= 11 is 9.96. The van der Waals surface area contributed by atoms with Crippen LogP contribution in [0.1, 0.15) is 24.1 Å². The van der Waals surface area contributed by atoms with Crippen molar-refractivity contribution in [1.82, 2.24) is 24.8 Å². The van der Waals surface area contributed by atoms with Gasteiger partial charge in [-0.15, -0.1) is 5.10 Å². The molecule has 0 aliphatic heterocycles. The van der Waals surface area contributed by atoms with Crippen molar-refractivity contribution in [1.29, 1.82) is 0 Å². The van der Waals surface area contributed by atoms with Crippen LogP contribution in [-0.4, -0.2) is 24.8 Å². The van der Waals surface area contributed by atoms with E-state index in [0.717, 1.165) is 44.9 Å². The molecule has 24 heavy (non-hydrogen) atoms. The van der Waals surface area contributed by atoms with E-state index in [-0.39, 0.29) is 0 Å². The fraction of sp³-hybridized carbons (Fsp3) is 0.438. The highest BCUT2D eigenvalue weighted by Gasteiger charge is 2.23. The summed E-state index contributed by atoms with van der Waals surface area (Å²) in [6, 6.07) is 4.13. The third-order valence-corrected chi connectivity index (χ3v) is 5.75. The van der Waals surface area contributed by atoms with Gasteiger partial charge in [-0.3, -0.25) is 4.68 Å². The van der Waals surface area contributed by atoms with Crippen LogP contribution in [0.4, 0.5) is 5.69 Å². The fourth-order valence-electron chi connectivity index (χ4n) is 2.88. The van der Waals surface area contributed by atoms with Crippen molar-refractivity contribution < 1.29 is 0 Å². The quantitative estimate of drug-likeness (QED) is 0.694. The van der Waals surface area contributed by atoms with Crippen LogP contribution in [0.3, 0.4) is 0 Å². The highest BCUT2D eigenvalue weighted by molar-refractivity contribution is 9.10. The van der Waals surface area contributed by atoms with Crippen molar-refractivity contribution in [3.05, 3.63) is 33.0 Å². The second-order valence-corrected chi connectivity index (χ2v) is 7.49. The lowest BCUT2D eigenvalue weighted by atomic mass is 10.2. The van der Waals surface area contributed by atoms with Gasteiger partial charge < -0.3 is 5.32 Å². The molecule has 0 saturated heterocycles. The Morgan fingerprint density at radius 1 is 1.38 bits per heavy atom. The Labute approximate surface area is 153 Å². The minimum Gasteiger partial charge on any atom is -0.380 e. The molecule has 126 valence electrons. The molecule has 1 aliphatic carbocycles. The summed E-state index contributed by atoms with van der Waals surface area (Å²) in [5, 5.41) is 17.1. The third kappa shape index (κ3) is 2.80. The van der Waals surface area contributed by atoms with E-state index in [0.29, 0.717) is 11.7 Å². The molecule has 2 heterocycles. The number of benzene rings is 1. The summed E-state index contributed by atoms with van der Waals surface area (Å²) < 4.78 is 4.62. The number of nitrogens with one attached hydrogen (secondary N) is 1. The van der Waals surface area contributed by atoms with E-state index in [2.05, 4.69) is 48.8 Å². The van der Waals surface area contributed by atoms with Crippen LogP contribution in [0.2, 0.25) is 5.15 Å². The number of hydrogen-bond donors (Lipinski definition) is 1. The maximum atomic E-state index is 6.30. The van der Waals surface area contributed by atoms with Crippen molar-refractivity contribution in [2.75, 3.05) is 5.32 Å². The summed E-state index contributed by atoms with van der Waals surface area (Å²) in [6.45, 7) is 3.53. The molecule has 0 atom stereocenters. The molecule has 1 aliphatic rings. The maximum absolute atomic E-state index is 6.30. The zero-order chi connectivity index (χ0) is 16.8. The predicted octanol–water partition coefficient (Wildman–Crippen LogP) is 3.91. The largest absolute Gasteiger partial charge is 0.380 e. The Morgan fingerprint density at radius 3 is 2.83 bits per heavy atom. The summed E-state index contributed by atoms with van der Waals surface area (Å²) in [4.78, 5) is 0. The minimum atomic E-state index is 0.610. The van der Waals surface area contributed by atoms with E-state index in [4.69, 9.17) is 11.6 Å². The predicted molar refractivity (Wildman–Crippen MR) is 98.2 cm³/mol. The molecule has 1 fully saturated rings. The van der Waals surface area contributed by atoms with Gasteiger partial charge in [-0.05, 0) is 53.7 Å². The standard InChI is InChI=1S/C16H18BrClN6/c1-9-11(16(18)23(2)21-9)7-19-12-5-6-13-15(14(12)17)20-22-24(13)8-10-3-4-10/h5-6,10,19H,3-4,7-8H2,1-2H3. The van der Waals surface area contributed by atoms with Crippen LogP contribution in [0.25, 0.3) is 11.0 Å². The normalized spacial score (nSPS) is 14.5. The summed E-state index contributed by atoms with van der Waals surface area (Å²) in [5.41, 5.74) is 4.86. The first-order valence-corrected chi connectivity index (χ1v) is 9.15. The molecule has 8 heteroatoms. The second kappa shape index (κ2) is 6.04. The van der Waals surface area contributed by atoms with Crippen molar-refractivity contribution in [3.63, 3.8) is 0 Å². The van der Waals surface area contributed by atoms with E-state index in [9.17, 15) is 0 Å². The van der Waals surface area contributed by atoms with Gasteiger partial charge in [0.1, 0.15) is 10.7 Å². The van der Waals surface area contributed by atoms with Crippen molar-refractivity contribution in [2.24, 2.45) is 13.0 Å². The first-order chi connectivity index (χ1) is 11.5. The molecule has 3 aromatic rings. The van der Waals surface area contributed by atoms with Gasteiger partial charge in [-0.2, -0.15) is 5.10 Å². The van der Waals surface area contributed by atoms with Gasteiger partial charge in [0.15, 0.2) is 0 Å². The van der Waals surface area contributed by atoms with E-state index >= 15 is 0 Å². The highest BCUT2D eigenvalue weighted by atomic mass is 79.9. The van der Waals surface area contributed by atoms with Crippen LogP contribution >= 0.6 is 27.5 Å². The zero-order valence-electron chi connectivity index (χ0n) is 13.6. The van der Waals surface area contributed by atoms with Crippen LogP contribution in [0.15, 0.2) is 16.6 Å². The van der Waals surface area contributed by atoms with Crippen LogP contribution in [0.5, 0.6) is 0 Å². The van der Waals surface area contributed by atoms with E-state index in [1.807, 2.05) is 18.7 Å². The first-order valence-electron chi connectivity index (χ1n) is 7.98. The molecule has 2 aromatic heterocycles. The number of aryl methyl sites for hydroxylation is 2. The molecule has 6 nitrogen and oxygen atoms in total. The second-order valence-electron chi connectivity index (χ2n) is 6.34. The number of rotatable bonds is 5. The summed E-state index contributed by atoms with van der Waals surface area (Å²) in [5.74, 6) is 0.766. The molecular formula is C16H18BrClN6. The smallest absolute Gasteiger partial charge is 0.131 e. The molecule has 0 amide bonds. The molecule has 0 unspecified atom stereocenters. The average molecular weight is 410 g/mol. The van der Waals surface area contributed by atoms with Gasteiger partial charge in [0.2, 0.25) is 0 Å². The van der Waals surface area contributed by atoms with Gasteiger partial charge in [0, 0.05) is 25.7 Å². The number of hydrogen-bond acceptors (Lipinski definition) is 4. The lowest BCUT2D eigenvalue weighted by Gasteiger charge is -2.09. The third-order valence-electron chi connectivity index (χ3n) is 4.48. The highest BCUT2D eigenvalue weighted by Crippen LogP contribution is 2.34. The van der Waals surface area contributed by atoms with Crippen molar-refractivity contribution >= 4 is 44.3 Å². The van der Waals surface area contributed by atoms with Gasteiger partial charge in [-0.1, -0.05) is 16.8 Å². The Balaban J connectivity index is 1.59. The lowest BCUT2D eigenvalue weighted by Crippen LogP contribution is -2.03. The number of aromatic nitrogens is 5. The Bertz CT molecular complexity index is 911. The fourth-order valence-corrected chi connectivity index (χ4v) is 3.68. The van der Waals surface area contributed by atoms with Crippen LogP contribution < -0.4 is 5.32 Å². The summed E-state index contributed by atoms with van der Waals surface area (Å²) in [6.07, 6.45) is 2.60. The minimum absolute atomic E-state index is 0.610. The molecule has 0 radical (unpaired) electrons. The molecule has 0 bridgehead atoms. The molecular weight excluding hydrogens is 392 g/mol. The molecule has 1 aromatic carbocycles. The number of halogens is 2. The van der Waals surface area contributed by atoms with Gasteiger partial charge in [0.05, 0.1) is 21.4 Å². The van der Waals surface area contributed by atoms with E-state index < -0.39 is 0 Å². The lowest BCUT2D eigenvalue weighted by molar-refractivity contribution is 0.559. The molecule has 1 N–H and O–H groups in total. The number of nitrogens with zero attached hydrogens (tertiary/aromatic N) is 5. The van der Waals surface area contributed by atoms with Gasteiger partial charge >= 0.3 is 0 Å². The first kappa shape index (κ1) is 15.9. The van der Waals surface area contributed by atoms with Crippen molar-refractivity contribution in [2.45, 2.75) is 32.9 Å². The Morgan fingerprint density at radius 2 is 2.17 bits per heavy atom. The molecule has 4 rings (SSSR count).